The molecular weight excluding hydrogens is 394 g/mol. The van der Waals surface area contributed by atoms with Crippen LogP contribution in [0.4, 0.5) is 5.82 Å². The van der Waals surface area contributed by atoms with E-state index in [0.29, 0.717) is 39.0 Å². The minimum absolute atomic E-state index is 0.0185. The normalized spacial score (nSPS) is 12.0. The second-order valence-electron chi connectivity index (χ2n) is 5.30. The minimum Gasteiger partial charge on any atom is -0.360 e. The lowest BCUT2D eigenvalue weighted by atomic mass is 10.3. The van der Waals surface area contributed by atoms with Crippen LogP contribution in [-0.4, -0.2) is 44.7 Å². The van der Waals surface area contributed by atoms with Gasteiger partial charge < -0.3 is 15.2 Å². The molecule has 2 amide bonds. The molecule has 2 heterocycles. The first-order valence-corrected chi connectivity index (χ1v) is 10.8. The summed E-state index contributed by atoms with van der Waals surface area (Å²) in [6.45, 7) is 6.37. The molecule has 26 heavy (non-hydrogen) atoms. The Morgan fingerprint density at radius 2 is 2.08 bits per heavy atom. The fourth-order valence-corrected chi connectivity index (χ4v) is 4.84. The van der Waals surface area contributed by atoms with Crippen LogP contribution in [-0.2, 0) is 9.59 Å². The molecule has 8 nitrogen and oxygen atoms in total. The van der Waals surface area contributed by atoms with E-state index in [2.05, 4.69) is 26.0 Å². The summed E-state index contributed by atoms with van der Waals surface area (Å²) in [5.41, 5.74) is 0. The van der Waals surface area contributed by atoms with Gasteiger partial charge in [0, 0.05) is 12.6 Å². The van der Waals surface area contributed by atoms with E-state index in [1.165, 1.54) is 34.9 Å². The topological polar surface area (TPSA) is 110 Å². The predicted octanol–water partition coefficient (Wildman–Crippen LogP) is 2.96. The number of amides is 2. The van der Waals surface area contributed by atoms with E-state index in [1.807, 2.05) is 13.8 Å². The Balaban J connectivity index is 1.85. The van der Waals surface area contributed by atoms with E-state index in [9.17, 15) is 9.59 Å². The van der Waals surface area contributed by atoms with E-state index in [4.69, 9.17) is 4.52 Å². The van der Waals surface area contributed by atoms with Gasteiger partial charge in [0.2, 0.25) is 11.8 Å². The molecule has 0 aliphatic heterocycles. The second-order valence-corrected chi connectivity index (χ2v) is 8.95. The van der Waals surface area contributed by atoms with E-state index >= 15 is 0 Å². The van der Waals surface area contributed by atoms with Crippen molar-refractivity contribution in [2.45, 2.75) is 47.5 Å². The van der Waals surface area contributed by atoms with Crippen molar-refractivity contribution in [3.63, 3.8) is 0 Å². The van der Waals surface area contributed by atoms with Crippen molar-refractivity contribution in [2.75, 3.05) is 17.6 Å². The van der Waals surface area contributed by atoms with Crippen molar-refractivity contribution < 1.29 is 14.1 Å². The Kier molecular flexibility index (Phi) is 8.39. The number of carbonyl (C=O) groups is 2. The highest BCUT2D eigenvalue weighted by Gasteiger charge is 2.21. The molecule has 142 valence electrons. The molecule has 1 unspecified atom stereocenters. The zero-order valence-corrected chi connectivity index (χ0v) is 17.2. The molecule has 0 aromatic carbocycles. The molecule has 0 saturated carbocycles. The Hall–Kier alpha value is -1.59. The smallest absolute Gasteiger partial charge is 0.239 e. The van der Waals surface area contributed by atoms with Gasteiger partial charge in [-0.15, -0.1) is 10.2 Å². The summed E-state index contributed by atoms with van der Waals surface area (Å²) in [4.78, 5) is 24.0. The van der Waals surface area contributed by atoms with Crippen LogP contribution in [0.15, 0.2) is 19.3 Å². The summed E-state index contributed by atoms with van der Waals surface area (Å²) < 4.78 is 6.35. The predicted molar refractivity (Wildman–Crippen MR) is 104 cm³/mol. The molecule has 0 aliphatic rings. The summed E-state index contributed by atoms with van der Waals surface area (Å²) >= 11 is 4.08. The van der Waals surface area contributed by atoms with Crippen LogP contribution >= 0.6 is 34.9 Å². The van der Waals surface area contributed by atoms with Crippen molar-refractivity contribution in [1.82, 2.24) is 20.7 Å². The Labute approximate surface area is 164 Å². The van der Waals surface area contributed by atoms with Crippen LogP contribution in [0, 0.1) is 6.92 Å². The van der Waals surface area contributed by atoms with Gasteiger partial charge in [0.25, 0.3) is 0 Å². The summed E-state index contributed by atoms with van der Waals surface area (Å²) in [7, 11) is 0. The van der Waals surface area contributed by atoms with Crippen LogP contribution in [0.1, 0.15) is 32.4 Å². The molecule has 11 heteroatoms. The Morgan fingerprint density at radius 3 is 2.73 bits per heavy atom. The number of hydrogen-bond acceptors (Lipinski definition) is 9. The summed E-state index contributed by atoms with van der Waals surface area (Å²) in [5.74, 6) is 1.17. The van der Waals surface area contributed by atoms with Crippen LogP contribution < -0.4 is 10.6 Å². The maximum absolute atomic E-state index is 12.4. The lowest BCUT2D eigenvalue weighted by Gasteiger charge is -2.10. The molecule has 0 fully saturated rings. The fourth-order valence-electron chi connectivity index (χ4n) is 1.82. The highest BCUT2D eigenvalue weighted by Crippen LogP contribution is 2.32. The zero-order chi connectivity index (χ0) is 18.9. The molecule has 0 radical (unpaired) electrons. The first-order valence-electron chi connectivity index (χ1n) is 8.15. The van der Waals surface area contributed by atoms with Crippen LogP contribution in [0.3, 0.4) is 0 Å². The van der Waals surface area contributed by atoms with E-state index < -0.39 is 0 Å². The summed E-state index contributed by atoms with van der Waals surface area (Å²) in [6.07, 6.45) is 1.54. The van der Waals surface area contributed by atoms with Gasteiger partial charge in [-0.05, 0) is 19.8 Å². The maximum atomic E-state index is 12.4. The van der Waals surface area contributed by atoms with Gasteiger partial charge in [-0.1, -0.05) is 53.9 Å². The number of aryl methyl sites for hydroxylation is 1. The van der Waals surface area contributed by atoms with Gasteiger partial charge in [0.1, 0.15) is 5.76 Å². The number of hydrogen-bond donors (Lipinski definition) is 2. The molecule has 2 aromatic heterocycles. The first kappa shape index (κ1) is 20.7. The molecule has 0 aliphatic carbocycles. The number of thioether (sulfide) groups is 2. The van der Waals surface area contributed by atoms with Gasteiger partial charge in [0.15, 0.2) is 14.5 Å². The number of rotatable bonds is 10. The average Bonchev–Trinajstić information content (AvgIpc) is 3.24. The van der Waals surface area contributed by atoms with Crippen molar-refractivity contribution in [1.29, 1.82) is 0 Å². The van der Waals surface area contributed by atoms with Gasteiger partial charge in [-0.3, -0.25) is 9.59 Å². The molecule has 2 aromatic rings. The van der Waals surface area contributed by atoms with Gasteiger partial charge in [-0.2, -0.15) is 0 Å². The van der Waals surface area contributed by atoms with Crippen LogP contribution in [0.2, 0.25) is 0 Å². The fraction of sp³-hybridized carbons (Fsp3) is 0.533. The van der Waals surface area contributed by atoms with Crippen molar-refractivity contribution in [2.24, 2.45) is 0 Å². The molecule has 0 spiro atoms. The third kappa shape index (κ3) is 6.61. The Morgan fingerprint density at radius 1 is 1.31 bits per heavy atom. The SMILES string of the molecule is CCCNC(=O)CSc1nnc(SC(CC)C(=O)Nc2cc(C)on2)s1. The molecule has 0 saturated heterocycles. The van der Waals surface area contributed by atoms with Crippen LogP contribution in [0.5, 0.6) is 0 Å². The van der Waals surface area contributed by atoms with E-state index in [-0.39, 0.29) is 17.1 Å². The number of nitrogens with one attached hydrogen (secondary N) is 2. The van der Waals surface area contributed by atoms with Crippen LogP contribution in [0.25, 0.3) is 0 Å². The molecular formula is C15H21N5O3S3. The monoisotopic (exact) mass is 415 g/mol. The van der Waals surface area contributed by atoms with E-state index in [1.54, 1.807) is 13.0 Å². The molecule has 1 atom stereocenters. The lowest BCUT2D eigenvalue weighted by Crippen LogP contribution is -2.25. The Bertz CT molecular complexity index is 734. The molecule has 2 rings (SSSR count). The maximum Gasteiger partial charge on any atom is 0.239 e. The highest BCUT2D eigenvalue weighted by molar-refractivity contribution is 8.04. The number of nitrogens with zero attached hydrogens (tertiary/aromatic N) is 3. The van der Waals surface area contributed by atoms with Crippen molar-refractivity contribution >= 4 is 52.5 Å². The third-order valence-corrected chi connectivity index (χ3v) is 6.58. The average molecular weight is 416 g/mol. The molecule has 2 N–H and O–H groups in total. The minimum atomic E-state index is -0.314. The number of anilines is 1. The van der Waals surface area contributed by atoms with Gasteiger partial charge in [-0.25, -0.2) is 0 Å². The molecule has 0 bridgehead atoms. The second kappa shape index (κ2) is 10.5. The highest BCUT2D eigenvalue weighted by atomic mass is 32.2. The van der Waals surface area contributed by atoms with Crippen molar-refractivity contribution in [3.05, 3.63) is 11.8 Å². The van der Waals surface area contributed by atoms with Gasteiger partial charge in [0.05, 0.1) is 11.0 Å². The summed E-state index contributed by atoms with van der Waals surface area (Å²) in [5, 5.41) is 17.2. The first-order chi connectivity index (χ1) is 12.5. The summed E-state index contributed by atoms with van der Waals surface area (Å²) in [6, 6.07) is 1.67. The largest absolute Gasteiger partial charge is 0.360 e. The zero-order valence-electron chi connectivity index (χ0n) is 14.8. The standard InChI is InChI=1S/C15H21N5O3S3/c1-4-6-16-12(21)8-24-14-18-19-15(26-14)25-10(5-2)13(22)17-11-7-9(3)23-20-11/h7,10H,4-6,8H2,1-3H3,(H,16,21)(H,17,20,22). The quantitative estimate of drug-likeness (QED) is 0.570. The van der Waals surface area contributed by atoms with E-state index in [0.717, 1.165) is 6.42 Å². The van der Waals surface area contributed by atoms with Gasteiger partial charge >= 0.3 is 0 Å². The van der Waals surface area contributed by atoms with Crippen molar-refractivity contribution in [3.8, 4) is 0 Å². The third-order valence-electron chi connectivity index (χ3n) is 3.07. The number of aromatic nitrogens is 3. The lowest BCUT2D eigenvalue weighted by molar-refractivity contribution is -0.118. The number of carbonyl (C=O) groups excluding carboxylic acids is 2.